The van der Waals surface area contributed by atoms with Crippen molar-refractivity contribution in [2.45, 2.75) is 18.9 Å². The van der Waals surface area contributed by atoms with E-state index in [0.29, 0.717) is 11.8 Å². The first-order chi connectivity index (χ1) is 12.2. The third kappa shape index (κ3) is 3.43. The average molecular weight is 332 g/mol. The number of nitrogen functional groups attached to an aromatic ring is 1. The zero-order valence-electron chi connectivity index (χ0n) is 13.9. The molecule has 1 aliphatic rings. The Morgan fingerprint density at radius 2 is 1.84 bits per heavy atom. The maximum absolute atomic E-state index is 11.9. The molecule has 1 amide bonds. The molecule has 0 radical (unpaired) electrons. The number of fused-ring (bicyclic) bond motifs is 1. The van der Waals surface area contributed by atoms with Crippen molar-refractivity contribution in [3.8, 4) is 16.9 Å². The molecule has 0 heterocycles. The van der Waals surface area contributed by atoms with Gasteiger partial charge >= 0.3 is 0 Å². The van der Waals surface area contributed by atoms with Crippen molar-refractivity contribution >= 4 is 22.4 Å². The quantitative estimate of drug-likeness (QED) is 0.700. The van der Waals surface area contributed by atoms with E-state index in [0.717, 1.165) is 40.4 Å². The molecule has 0 aromatic heterocycles. The summed E-state index contributed by atoms with van der Waals surface area (Å²) >= 11 is 0. The molecule has 4 nitrogen and oxygen atoms in total. The summed E-state index contributed by atoms with van der Waals surface area (Å²) in [5.41, 5.74) is 8.82. The fraction of sp³-hybridized carbons (Fsp3) is 0.190. The number of carbonyl (C=O) groups excluding carboxylic acids is 1. The van der Waals surface area contributed by atoms with E-state index in [1.807, 2.05) is 54.6 Å². The topological polar surface area (TPSA) is 64.3 Å². The minimum absolute atomic E-state index is 0.0398. The molecule has 4 rings (SSSR count). The van der Waals surface area contributed by atoms with Crippen LogP contribution in [-0.2, 0) is 4.79 Å². The van der Waals surface area contributed by atoms with E-state index in [1.165, 1.54) is 0 Å². The SMILES string of the molecule is Nc1cccc(-c2ccc(OCC(=O)NC3CC3)c3ccccc23)c1. The lowest BCUT2D eigenvalue weighted by Gasteiger charge is -2.13. The lowest BCUT2D eigenvalue weighted by atomic mass is 9.97. The van der Waals surface area contributed by atoms with Gasteiger partial charge in [0, 0.05) is 17.1 Å². The Balaban J connectivity index is 1.65. The highest BCUT2D eigenvalue weighted by Gasteiger charge is 2.23. The third-order valence-corrected chi connectivity index (χ3v) is 4.38. The van der Waals surface area contributed by atoms with Crippen LogP contribution in [0.3, 0.4) is 0 Å². The molecule has 3 aromatic rings. The summed E-state index contributed by atoms with van der Waals surface area (Å²) in [7, 11) is 0. The Labute approximate surface area is 146 Å². The summed E-state index contributed by atoms with van der Waals surface area (Å²) in [5.74, 6) is 0.653. The van der Waals surface area contributed by atoms with Gasteiger partial charge in [-0.25, -0.2) is 0 Å². The van der Waals surface area contributed by atoms with Crippen molar-refractivity contribution in [2.24, 2.45) is 0 Å². The van der Waals surface area contributed by atoms with Crippen LogP contribution >= 0.6 is 0 Å². The fourth-order valence-corrected chi connectivity index (χ4v) is 3.00. The molecule has 1 saturated carbocycles. The predicted molar refractivity (Wildman–Crippen MR) is 100 cm³/mol. The van der Waals surface area contributed by atoms with Crippen LogP contribution in [0.15, 0.2) is 60.7 Å². The molecule has 4 heteroatoms. The van der Waals surface area contributed by atoms with E-state index < -0.39 is 0 Å². The molecular weight excluding hydrogens is 312 g/mol. The predicted octanol–water partition coefficient (Wildman–Crippen LogP) is 3.75. The van der Waals surface area contributed by atoms with Gasteiger partial charge < -0.3 is 15.8 Å². The lowest BCUT2D eigenvalue weighted by Crippen LogP contribution is -2.30. The van der Waals surface area contributed by atoms with Crippen molar-refractivity contribution in [1.29, 1.82) is 0 Å². The summed E-state index contributed by atoms with van der Waals surface area (Å²) in [5, 5.41) is 5.00. The Kier molecular flexibility index (Phi) is 4.02. The van der Waals surface area contributed by atoms with Crippen molar-refractivity contribution in [1.82, 2.24) is 5.32 Å². The van der Waals surface area contributed by atoms with Crippen LogP contribution in [-0.4, -0.2) is 18.6 Å². The number of carbonyl (C=O) groups is 1. The minimum Gasteiger partial charge on any atom is -0.483 e. The highest BCUT2D eigenvalue weighted by molar-refractivity contribution is 6.00. The number of hydrogen-bond acceptors (Lipinski definition) is 3. The number of hydrogen-bond donors (Lipinski definition) is 2. The number of anilines is 1. The second-order valence-corrected chi connectivity index (χ2v) is 6.41. The number of nitrogens with two attached hydrogens (primary N) is 1. The number of nitrogens with one attached hydrogen (secondary N) is 1. The summed E-state index contributed by atoms with van der Waals surface area (Å²) in [4.78, 5) is 11.9. The van der Waals surface area contributed by atoms with Crippen LogP contribution in [0.25, 0.3) is 21.9 Å². The van der Waals surface area contributed by atoms with Crippen LogP contribution < -0.4 is 15.8 Å². The molecule has 0 atom stereocenters. The van der Waals surface area contributed by atoms with Gasteiger partial charge in [-0.2, -0.15) is 0 Å². The third-order valence-electron chi connectivity index (χ3n) is 4.38. The Morgan fingerprint density at radius 3 is 2.60 bits per heavy atom. The summed E-state index contributed by atoms with van der Waals surface area (Å²) in [6, 6.07) is 20.2. The smallest absolute Gasteiger partial charge is 0.258 e. The van der Waals surface area contributed by atoms with E-state index in [-0.39, 0.29) is 12.5 Å². The van der Waals surface area contributed by atoms with Crippen LogP contribution in [0.4, 0.5) is 5.69 Å². The molecule has 0 unspecified atom stereocenters. The summed E-state index contributed by atoms with van der Waals surface area (Å²) < 4.78 is 5.79. The Bertz CT molecular complexity index is 932. The molecule has 25 heavy (non-hydrogen) atoms. The molecule has 0 spiro atoms. The number of ether oxygens (including phenoxy) is 1. The highest BCUT2D eigenvalue weighted by atomic mass is 16.5. The van der Waals surface area contributed by atoms with Gasteiger partial charge in [-0.05, 0) is 47.6 Å². The van der Waals surface area contributed by atoms with Gasteiger partial charge in [-0.1, -0.05) is 42.5 Å². The van der Waals surface area contributed by atoms with Gasteiger partial charge in [0.15, 0.2) is 6.61 Å². The van der Waals surface area contributed by atoms with Crippen molar-refractivity contribution in [3.05, 3.63) is 60.7 Å². The summed E-state index contributed by atoms with van der Waals surface area (Å²) in [6.07, 6.45) is 2.15. The molecule has 0 saturated heterocycles. The summed E-state index contributed by atoms with van der Waals surface area (Å²) in [6.45, 7) is 0.0398. The minimum atomic E-state index is -0.0634. The molecule has 3 aromatic carbocycles. The first-order valence-corrected chi connectivity index (χ1v) is 8.50. The van der Waals surface area contributed by atoms with Crippen molar-refractivity contribution in [2.75, 3.05) is 12.3 Å². The maximum atomic E-state index is 11.9. The van der Waals surface area contributed by atoms with Gasteiger partial charge in [-0.3, -0.25) is 4.79 Å². The maximum Gasteiger partial charge on any atom is 0.258 e. The standard InChI is InChI=1S/C21H20N2O2/c22-15-5-3-4-14(12-15)17-10-11-20(19-7-2-1-6-18(17)19)25-13-21(24)23-16-8-9-16/h1-7,10-12,16H,8-9,13,22H2,(H,23,24). The van der Waals surface area contributed by atoms with Crippen LogP contribution in [0.2, 0.25) is 0 Å². The average Bonchev–Trinajstić information content (AvgIpc) is 3.43. The van der Waals surface area contributed by atoms with Gasteiger partial charge in [0.25, 0.3) is 5.91 Å². The Hall–Kier alpha value is -3.01. The molecule has 1 aliphatic carbocycles. The zero-order valence-corrected chi connectivity index (χ0v) is 13.9. The van der Waals surface area contributed by atoms with E-state index in [9.17, 15) is 4.79 Å². The van der Waals surface area contributed by atoms with Crippen LogP contribution in [0.5, 0.6) is 5.75 Å². The Morgan fingerprint density at radius 1 is 1.04 bits per heavy atom. The van der Waals surface area contributed by atoms with Gasteiger partial charge in [-0.15, -0.1) is 0 Å². The van der Waals surface area contributed by atoms with E-state index >= 15 is 0 Å². The molecule has 0 bridgehead atoms. The second-order valence-electron chi connectivity index (χ2n) is 6.41. The molecular formula is C21H20N2O2. The van der Waals surface area contributed by atoms with Crippen LogP contribution in [0.1, 0.15) is 12.8 Å². The van der Waals surface area contributed by atoms with E-state index in [2.05, 4.69) is 11.4 Å². The van der Waals surface area contributed by atoms with E-state index in [1.54, 1.807) is 0 Å². The van der Waals surface area contributed by atoms with Gasteiger partial charge in [0.05, 0.1) is 0 Å². The highest BCUT2D eigenvalue weighted by Crippen LogP contribution is 2.35. The largest absolute Gasteiger partial charge is 0.483 e. The van der Waals surface area contributed by atoms with Crippen LogP contribution in [0, 0.1) is 0 Å². The molecule has 3 N–H and O–H groups in total. The van der Waals surface area contributed by atoms with Crippen molar-refractivity contribution in [3.63, 3.8) is 0 Å². The van der Waals surface area contributed by atoms with Crippen molar-refractivity contribution < 1.29 is 9.53 Å². The zero-order chi connectivity index (χ0) is 17.2. The lowest BCUT2D eigenvalue weighted by molar-refractivity contribution is -0.123. The van der Waals surface area contributed by atoms with Gasteiger partial charge in [0.1, 0.15) is 5.75 Å². The monoisotopic (exact) mass is 332 g/mol. The molecule has 126 valence electrons. The number of benzene rings is 3. The van der Waals surface area contributed by atoms with Gasteiger partial charge in [0.2, 0.25) is 0 Å². The fourth-order valence-electron chi connectivity index (χ4n) is 3.00. The number of amides is 1. The first kappa shape index (κ1) is 15.5. The first-order valence-electron chi connectivity index (χ1n) is 8.50. The second kappa shape index (κ2) is 6.48. The number of rotatable bonds is 5. The molecule has 0 aliphatic heterocycles. The molecule has 1 fully saturated rings. The van der Waals surface area contributed by atoms with E-state index in [4.69, 9.17) is 10.5 Å². The normalized spacial score (nSPS) is 13.6.